The normalized spacial score (nSPS) is 14.8. The summed E-state index contributed by atoms with van der Waals surface area (Å²) in [6.45, 7) is 6.14. The SMILES string of the molecule is C/C=C/C(=O)N(c1ccccc1)C1(C(=O)OCC)CCN(Cc2ccccc2)CC1.O=C(O)C(=O)O. The minimum atomic E-state index is -1.82. The molecule has 0 spiro atoms. The van der Waals surface area contributed by atoms with Gasteiger partial charge in [0, 0.05) is 25.3 Å². The van der Waals surface area contributed by atoms with Crippen LogP contribution in [0.4, 0.5) is 5.69 Å². The number of carboxylic acid groups (broad SMARTS) is 2. The molecule has 2 aromatic carbocycles. The van der Waals surface area contributed by atoms with Gasteiger partial charge in [0.15, 0.2) is 0 Å². The Labute approximate surface area is 210 Å². The first-order valence-electron chi connectivity index (χ1n) is 11.7. The molecule has 2 aromatic rings. The molecule has 0 radical (unpaired) electrons. The van der Waals surface area contributed by atoms with E-state index in [1.807, 2.05) is 48.5 Å². The number of carboxylic acids is 2. The molecular formula is C27H32N2O7. The highest BCUT2D eigenvalue weighted by Crippen LogP contribution is 2.35. The van der Waals surface area contributed by atoms with Crippen molar-refractivity contribution in [3.8, 4) is 0 Å². The molecule has 9 nitrogen and oxygen atoms in total. The molecule has 1 aliphatic heterocycles. The van der Waals surface area contributed by atoms with Crippen molar-refractivity contribution in [2.45, 2.75) is 38.8 Å². The smallest absolute Gasteiger partial charge is 0.414 e. The van der Waals surface area contributed by atoms with Gasteiger partial charge in [-0.3, -0.25) is 14.6 Å². The van der Waals surface area contributed by atoms with Crippen LogP contribution in [-0.2, 0) is 30.5 Å². The average molecular weight is 497 g/mol. The maximum atomic E-state index is 13.2. The summed E-state index contributed by atoms with van der Waals surface area (Å²) in [5.74, 6) is -4.18. The number of hydrogen-bond acceptors (Lipinski definition) is 6. The molecular weight excluding hydrogens is 464 g/mol. The van der Waals surface area contributed by atoms with Crippen LogP contribution in [0.3, 0.4) is 0 Å². The van der Waals surface area contributed by atoms with Crippen LogP contribution in [0.5, 0.6) is 0 Å². The molecule has 2 N–H and O–H groups in total. The standard InChI is InChI=1S/C25H30N2O3.C2H2O4/c1-3-11-23(28)27(22-14-9-6-10-15-22)25(24(29)30-4-2)16-18-26(19-17-25)20-21-12-7-5-8-13-21;3-1(4)2(5)6/h3,5-15H,4,16-20H2,1-2H3;(H,3,4)(H,5,6)/b11-3+;. The van der Waals surface area contributed by atoms with Gasteiger partial charge in [-0.2, -0.15) is 0 Å². The van der Waals surface area contributed by atoms with Crippen LogP contribution in [0.15, 0.2) is 72.8 Å². The highest BCUT2D eigenvalue weighted by atomic mass is 16.5. The highest BCUT2D eigenvalue weighted by Gasteiger charge is 2.49. The van der Waals surface area contributed by atoms with Crippen LogP contribution in [0, 0.1) is 0 Å². The zero-order valence-electron chi connectivity index (χ0n) is 20.5. The predicted molar refractivity (Wildman–Crippen MR) is 134 cm³/mol. The largest absolute Gasteiger partial charge is 0.473 e. The van der Waals surface area contributed by atoms with E-state index in [1.54, 1.807) is 24.8 Å². The van der Waals surface area contributed by atoms with Gasteiger partial charge in [0.05, 0.1) is 6.61 Å². The van der Waals surface area contributed by atoms with E-state index in [0.717, 1.165) is 6.54 Å². The Morgan fingerprint density at radius 3 is 1.94 bits per heavy atom. The molecule has 0 aliphatic carbocycles. The maximum absolute atomic E-state index is 13.2. The molecule has 1 saturated heterocycles. The van der Waals surface area contributed by atoms with E-state index in [9.17, 15) is 9.59 Å². The van der Waals surface area contributed by atoms with Gasteiger partial charge in [0.1, 0.15) is 5.54 Å². The van der Waals surface area contributed by atoms with E-state index in [4.69, 9.17) is 24.5 Å². The Balaban J connectivity index is 0.000000678. The second-order valence-corrected chi connectivity index (χ2v) is 8.13. The van der Waals surface area contributed by atoms with Crippen molar-refractivity contribution in [3.05, 3.63) is 78.4 Å². The third-order valence-corrected chi connectivity index (χ3v) is 5.74. The predicted octanol–water partition coefficient (Wildman–Crippen LogP) is 3.35. The van der Waals surface area contributed by atoms with Crippen molar-refractivity contribution in [1.29, 1.82) is 0 Å². The van der Waals surface area contributed by atoms with Gasteiger partial charge in [-0.1, -0.05) is 54.6 Å². The lowest BCUT2D eigenvalue weighted by atomic mass is 9.84. The number of benzene rings is 2. The third-order valence-electron chi connectivity index (χ3n) is 5.74. The Hall–Kier alpha value is -3.98. The van der Waals surface area contributed by atoms with Gasteiger partial charge >= 0.3 is 17.9 Å². The number of anilines is 1. The zero-order chi connectivity index (χ0) is 26.6. The number of nitrogens with zero attached hydrogens (tertiary/aromatic N) is 2. The second-order valence-electron chi connectivity index (χ2n) is 8.13. The van der Waals surface area contributed by atoms with Crippen LogP contribution < -0.4 is 4.90 Å². The number of likely N-dealkylation sites (tertiary alicyclic amines) is 1. The van der Waals surface area contributed by atoms with E-state index >= 15 is 0 Å². The zero-order valence-corrected chi connectivity index (χ0v) is 20.5. The van der Waals surface area contributed by atoms with Gasteiger partial charge in [-0.05, 0) is 50.5 Å². The van der Waals surface area contributed by atoms with E-state index < -0.39 is 17.5 Å². The van der Waals surface area contributed by atoms with Crippen molar-refractivity contribution >= 4 is 29.5 Å². The first kappa shape index (κ1) is 28.3. The van der Waals surface area contributed by atoms with Gasteiger partial charge in [-0.25, -0.2) is 14.4 Å². The number of carbonyl (C=O) groups excluding carboxylic acids is 2. The van der Waals surface area contributed by atoms with E-state index in [1.165, 1.54) is 11.6 Å². The molecule has 3 rings (SSSR count). The lowest BCUT2D eigenvalue weighted by Gasteiger charge is -2.46. The van der Waals surface area contributed by atoms with Gasteiger partial charge in [0.25, 0.3) is 5.91 Å². The second kappa shape index (κ2) is 13.8. The highest BCUT2D eigenvalue weighted by molar-refractivity contribution is 6.27. The molecule has 0 atom stereocenters. The number of hydrogen-bond donors (Lipinski definition) is 2. The van der Waals surface area contributed by atoms with Crippen molar-refractivity contribution in [3.63, 3.8) is 0 Å². The Kier molecular flexibility index (Phi) is 10.8. The van der Waals surface area contributed by atoms with Crippen LogP contribution in [0.2, 0.25) is 0 Å². The summed E-state index contributed by atoms with van der Waals surface area (Å²) in [5, 5.41) is 14.8. The number of rotatable bonds is 7. The lowest BCUT2D eigenvalue weighted by Crippen LogP contribution is -2.62. The number of amides is 1. The number of aliphatic carboxylic acids is 2. The molecule has 0 unspecified atom stereocenters. The molecule has 1 amide bonds. The fraction of sp³-hybridized carbons (Fsp3) is 0.333. The van der Waals surface area contributed by atoms with E-state index in [-0.39, 0.29) is 18.5 Å². The summed E-state index contributed by atoms with van der Waals surface area (Å²) >= 11 is 0. The van der Waals surface area contributed by atoms with Crippen LogP contribution in [0.25, 0.3) is 0 Å². The Morgan fingerprint density at radius 1 is 0.944 bits per heavy atom. The van der Waals surface area contributed by atoms with E-state index in [2.05, 4.69) is 17.0 Å². The van der Waals surface area contributed by atoms with Crippen molar-refractivity contribution < 1.29 is 34.1 Å². The van der Waals surface area contributed by atoms with Gasteiger partial charge in [-0.15, -0.1) is 0 Å². The fourth-order valence-electron chi connectivity index (χ4n) is 4.09. The summed E-state index contributed by atoms with van der Waals surface area (Å²) in [4.78, 5) is 48.6. The maximum Gasteiger partial charge on any atom is 0.414 e. The molecule has 1 aliphatic rings. The first-order chi connectivity index (χ1) is 17.2. The number of piperidine rings is 1. The van der Waals surface area contributed by atoms with E-state index in [0.29, 0.717) is 31.6 Å². The summed E-state index contributed by atoms with van der Waals surface area (Å²) in [6, 6.07) is 19.7. The third kappa shape index (κ3) is 7.51. The van der Waals surface area contributed by atoms with Crippen molar-refractivity contribution in [2.24, 2.45) is 0 Å². The quantitative estimate of drug-likeness (QED) is 0.340. The van der Waals surface area contributed by atoms with Crippen molar-refractivity contribution in [1.82, 2.24) is 4.90 Å². The summed E-state index contributed by atoms with van der Waals surface area (Å²) in [7, 11) is 0. The first-order valence-corrected chi connectivity index (χ1v) is 11.7. The van der Waals surface area contributed by atoms with Gasteiger partial charge in [0.2, 0.25) is 0 Å². The number of ether oxygens (including phenoxy) is 1. The number of para-hydroxylation sites is 1. The van der Waals surface area contributed by atoms with Crippen LogP contribution >= 0.6 is 0 Å². The molecule has 36 heavy (non-hydrogen) atoms. The molecule has 0 saturated carbocycles. The summed E-state index contributed by atoms with van der Waals surface area (Å²) in [6.07, 6.45) is 4.28. The molecule has 0 aromatic heterocycles. The van der Waals surface area contributed by atoms with Crippen LogP contribution in [-0.4, -0.2) is 64.2 Å². The summed E-state index contributed by atoms with van der Waals surface area (Å²) in [5.41, 5.74) is 0.942. The summed E-state index contributed by atoms with van der Waals surface area (Å²) < 4.78 is 5.49. The molecule has 0 bridgehead atoms. The Morgan fingerprint density at radius 2 is 1.47 bits per heavy atom. The molecule has 9 heteroatoms. The minimum Gasteiger partial charge on any atom is -0.473 e. The van der Waals surface area contributed by atoms with Crippen LogP contribution in [0.1, 0.15) is 32.3 Å². The fourth-order valence-corrected chi connectivity index (χ4v) is 4.09. The number of esters is 1. The average Bonchev–Trinajstić information content (AvgIpc) is 2.87. The molecule has 192 valence electrons. The topological polar surface area (TPSA) is 124 Å². The lowest BCUT2D eigenvalue weighted by molar-refractivity contribution is -0.159. The number of allylic oxidation sites excluding steroid dienone is 1. The minimum absolute atomic E-state index is 0.201. The number of carbonyl (C=O) groups is 4. The molecule has 1 heterocycles. The molecule has 1 fully saturated rings. The van der Waals surface area contributed by atoms with Gasteiger partial charge < -0.3 is 14.9 Å². The monoisotopic (exact) mass is 496 g/mol. The Bertz CT molecular complexity index is 1030. The van der Waals surface area contributed by atoms with Crippen molar-refractivity contribution in [2.75, 3.05) is 24.6 Å².